The van der Waals surface area contributed by atoms with E-state index >= 15 is 0 Å². The number of aliphatic hydroxyl groups is 1. The van der Waals surface area contributed by atoms with Gasteiger partial charge < -0.3 is 15.0 Å². The molecule has 1 aromatic heterocycles. The summed E-state index contributed by atoms with van der Waals surface area (Å²) in [5.74, 6) is 2.38. The van der Waals surface area contributed by atoms with Crippen molar-refractivity contribution < 1.29 is 9.90 Å². The molecule has 4 bridgehead atoms. The number of hydrogen-bond donors (Lipinski definition) is 2. The minimum atomic E-state index is -0.489. The highest BCUT2D eigenvalue weighted by molar-refractivity contribution is 5.77. The molecule has 1 heterocycles. The zero-order valence-electron chi connectivity index (χ0n) is 16.1. The fourth-order valence-electron chi connectivity index (χ4n) is 6.80. The molecule has 4 saturated carbocycles. The average molecular weight is 367 g/mol. The second kappa shape index (κ2) is 6.06. The summed E-state index contributed by atoms with van der Waals surface area (Å²) < 4.78 is 2.17. The van der Waals surface area contributed by atoms with Gasteiger partial charge in [-0.25, -0.2) is 4.98 Å². The van der Waals surface area contributed by atoms with Gasteiger partial charge in [0, 0.05) is 19.5 Å². The summed E-state index contributed by atoms with van der Waals surface area (Å²) in [5.41, 5.74) is 1.67. The summed E-state index contributed by atoms with van der Waals surface area (Å²) in [4.78, 5) is 17.3. The fraction of sp³-hybridized carbons (Fsp3) is 0.636. The van der Waals surface area contributed by atoms with E-state index in [9.17, 15) is 9.90 Å². The van der Waals surface area contributed by atoms with Crippen molar-refractivity contribution in [3.05, 3.63) is 30.1 Å². The van der Waals surface area contributed by atoms with Crippen molar-refractivity contribution in [2.45, 2.75) is 64.0 Å². The van der Waals surface area contributed by atoms with Gasteiger partial charge in [0.05, 0.1) is 16.6 Å². The van der Waals surface area contributed by atoms with Crippen LogP contribution in [0.25, 0.3) is 11.0 Å². The van der Waals surface area contributed by atoms with Crippen LogP contribution in [0.15, 0.2) is 24.3 Å². The molecule has 27 heavy (non-hydrogen) atoms. The first-order valence-corrected chi connectivity index (χ1v) is 10.3. The summed E-state index contributed by atoms with van der Waals surface area (Å²) >= 11 is 0. The minimum absolute atomic E-state index is 0.0422. The lowest BCUT2D eigenvalue weighted by Crippen LogP contribution is -2.56. The SMILES string of the molecule is Cc1nc2ccccc2n1CCNC(=O)CC12CC3CC(CC(O)(C3)C1)C2. The number of benzene rings is 1. The summed E-state index contributed by atoms with van der Waals surface area (Å²) in [5, 5.41) is 14.0. The summed E-state index contributed by atoms with van der Waals surface area (Å²) in [7, 11) is 0. The Hall–Kier alpha value is -1.88. The van der Waals surface area contributed by atoms with Crippen molar-refractivity contribution in [2.24, 2.45) is 17.3 Å². The lowest BCUT2D eigenvalue weighted by molar-refractivity contribution is -0.169. The standard InChI is InChI=1S/C22H29N3O2/c1-15-24-18-4-2-3-5-19(18)25(15)7-6-23-20(26)13-21-9-16-8-17(10-21)12-22(27,11-16)14-21/h2-5,16-17,27H,6-14H2,1H3,(H,23,26). The maximum Gasteiger partial charge on any atom is 0.220 e. The number of amides is 1. The smallest absolute Gasteiger partial charge is 0.220 e. The van der Waals surface area contributed by atoms with Gasteiger partial charge in [-0.2, -0.15) is 0 Å². The van der Waals surface area contributed by atoms with Gasteiger partial charge in [-0.15, -0.1) is 0 Å². The van der Waals surface area contributed by atoms with E-state index in [2.05, 4.69) is 20.9 Å². The van der Waals surface area contributed by atoms with E-state index in [0.717, 1.165) is 55.5 Å². The Morgan fingerprint density at radius 2 is 2.00 bits per heavy atom. The monoisotopic (exact) mass is 367 g/mol. The molecule has 2 unspecified atom stereocenters. The second-order valence-electron chi connectivity index (χ2n) is 9.51. The molecule has 1 aromatic carbocycles. The van der Waals surface area contributed by atoms with E-state index in [0.29, 0.717) is 24.8 Å². The molecular weight excluding hydrogens is 338 g/mol. The Labute approximate surface area is 160 Å². The van der Waals surface area contributed by atoms with E-state index in [1.807, 2.05) is 25.1 Å². The van der Waals surface area contributed by atoms with Gasteiger partial charge in [0.2, 0.25) is 5.91 Å². The largest absolute Gasteiger partial charge is 0.390 e. The Kier molecular flexibility index (Phi) is 3.87. The molecular formula is C22H29N3O2. The molecule has 1 amide bonds. The highest BCUT2D eigenvalue weighted by Gasteiger charge is 2.57. The van der Waals surface area contributed by atoms with Crippen molar-refractivity contribution in [3.8, 4) is 0 Å². The number of aryl methyl sites for hydroxylation is 1. The predicted octanol–water partition coefficient (Wildman–Crippen LogP) is 3.18. The Bertz CT molecular complexity index is 873. The average Bonchev–Trinajstić information content (AvgIpc) is 2.88. The van der Waals surface area contributed by atoms with Crippen molar-refractivity contribution in [3.63, 3.8) is 0 Å². The van der Waals surface area contributed by atoms with Gasteiger partial charge in [-0.3, -0.25) is 4.79 Å². The number of aromatic nitrogens is 2. The molecule has 5 heteroatoms. The van der Waals surface area contributed by atoms with Gasteiger partial charge in [-0.1, -0.05) is 12.1 Å². The summed E-state index contributed by atoms with van der Waals surface area (Å²) in [6.45, 7) is 3.37. The van der Waals surface area contributed by atoms with Crippen LogP contribution >= 0.6 is 0 Å². The van der Waals surface area contributed by atoms with Gasteiger partial charge in [0.25, 0.3) is 0 Å². The third kappa shape index (κ3) is 3.06. The van der Waals surface area contributed by atoms with Crippen LogP contribution in [0.2, 0.25) is 0 Å². The molecule has 0 saturated heterocycles. The Balaban J connectivity index is 1.21. The van der Waals surface area contributed by atoms with Gasteiger partial charge >= 0.3 is 0 Å². The van der Waals surface area contributed by atoms with Crippen molar-refractivity contribution in [1.29, 1.82) is 0 Å². The number of rotatable bonds is 5. The first kappa shape index (κ1) is 17.2. The first-order chi connectivity index (χ1) is 12.9. The molecule has 2 atom stereocenters. The van der Waals surface area contributed by atoms with Crippen molar-refractivity contribution >= 4 is 16.9 Å². The van der Waals surface area contributed by atoms with Crippen LogP contribution in [0.1, 0.15) is 50.8 Å². The first-order valence-electron chi connectivity index (χ1n) is 10.3. The number of fused-ring (bicyclic) bond motifs is 1. The maximum absolute atomic E-state index is 12.7. The number of para-hydroxylation sites is 2. The zero-order chi connectivity index (χ0) is 18.6. The molecule has 0 aliphatic heterocycles. The van der Waals surface area contributed by atoms with Crippen LogP contribution in [0.4, 0.5) is 0 Å². The third-order valence-corrected chi connectivity index (χ3v) is 7.19. The van der Waals surface area contributed by atoms with Crippen LogP contribution in [0, 0.1) is 24.2 Å². The normalized spacial score (nSPS) is 34.3. The van der Waals surface area contributed by atoms with Crippen molar-refractivity contribution in [2.75, 3.05) is 6.54 Å². The molecule has 5 nitrogen and oxygen atoms in total. The Morgan fingerprint density at radius 3 is 2.74 bits per heavy atom. The van der Waals surface area contributed by atoms with Crippen LogP contribution in [0.3, 0.4) is 0 Å². The number of nitrogens with one attached hydrogen (secondary N) is 1. The van der Waals surface area contributed by atoms with E-state index in [4.69, 9.17) is 0 Å². The molecule has 0 radical (unpaired) electrons. The van der Waals surface area contributed by atoms with Crippen LogP contribution in [-0.2, 0) is 11.3 Å². The topological polar surface area (TPSA) is 67.2 Å². The summed E-state index contributed by atoms with van der Waals surface area (Å²) in [6.07, 6.45) is 6.84. The molecule has 0 spiro atoms. The fourth-order valence-corrected chi connectivity index (χ4v) is 6.80. The van der Waals surface area contributed by atoms with E-state index in [-0.39, 0.29) is 11.3 Å². The molecule has 2 aromatic rings. The van der Waals surface area contributed by atoms with Crippen LogP contribution < -0.4 is 5.32 Å². The third-order valence-electron chi connectivity index (χ3n) is 7.19. The number of imidazole rings is 1. The van der Waals surface area contributed by atoms with E-state index in [1.54, 1.807) is 0 Å². The van der Waals surface area contributed by atoms with Crippen LogP contribution in [0.5, 0.6) is 0 Å². The van der Waals surface area contributed by atoms with Crippen molar-refractivity contribution in [1.82, 2.24) is 14.9 Å². The predicted molar refractivity (Wildman–Crippen MR) is 104 cm³/mol. The molecule has 4 aliphatic carbocycles. The summed E-state index contributed by atoms with van der Waals surface area (Å²) in [6, 6.07) is 8.12. The maximum atomic E-state index is 12.7. The van der Waals surface area contributed by atoms with Crippen LogP contribution in [-0.4, -0.2) is 32.7 Å². The number of carbonyl (C=O) groups excluding carboxylic acids is 1. The van der Waals surface area contributed by atoms with E-state index < -0.39 is 5.60 Å². The van der Waals surface area contributed by atoms with Gasteiger partial charge in [0.1, 0.15) is 5.82 Å². The lowest BCUT2D eigenvalue weighted by Gasteiger charge is -2.60. The molecule has 2 N–H and O–H groups in total. The van der Waals surface area contributed by atoms with Gasteiger partial charge in [0.15, 0.2) is 0 Å². The number of nitrogens with zero attached hydrogens (tertiary/aromatic N) is 2. The molecule has 144 valence electrons. The second-order valence-corrected chi connectivity index (χ2v) is 9.51. The lowest BCUT2D eigenvalue weighted by atomic mass is 9.47. The number of hydrogen-bond acceptors (Lipinski definition) is 3. The highest BCUT2D eigenvalue weighted by atomic mass is 16.3. The van der Waals surface area contributed by atoms with E-state index in [1.165, 1.54) is 6.42 Å². The van der Waals surface area contributed by atoms with Gasteiger partial charge in [-0.05, 0) is 74.8 Å². The Morgan fingerprint density at radius 1 is 1.26 bits per heavy atom. The minimum Gasteiger partial charge on any atom is -0.390 e. The molecule has 4 aliphatic rings. The molecule has 4 fully saturated rings. The zero-order valence-corrected chi connectivity index (χ0v) is 16.1. The molecule has 6 rings (SSSR count). The number of carbonyl (C=O) groups is 1. The highest BCUT2D eigenvalue weighted by Crippen LogP contribution is 2.62. The quantitative estimate of drug-likeness (QED) is 0.853.